The first-order chi connectivity index (χ1) is 39.3. The first-order valence-corrected chi connectivity index (χ1v) is 31.5. The van der Waals surface area contributed by atoms with Gasteiger partial charge in [0.25, 0.3) is 0 Å². The molecule has 0 radical (unpaired) electrons. The molecule has 5 aromatic heterocycles. The van der Waals surface area contributed by atoms with Crippen LogP contribution < -0.4 is 0 Å². The van der Waals surface area contributed by atoms with Crippen LogP contribution in [0.4, 0.5) is 0 Å². The topological polar surface area (TPSA) is 84.4 Å². The van der Waals surface area contributed by atoms with E-state index in [0.29, 0.717) is 61.2 Å². The molecule has 3 aromatic carbocycles. The van der Waals surface area contributed by atoms with Crippen LogP contribution in [0, 0.1) is 0 Å². The van der Waals surface area contributed by atoms with Gasteiger partial charge in [0.2, 0.25) is 0 Å². The number of methoxy groups -OCH3 is 2. The van der Waals surface area contributed by atoms with Crippen LogP contribution in [0.3, 0.4) is 0 Å². The van der Waals surface area contributed by atoms with E-state index in [1.54, 1.807) is 26.6 Å². The Bertz CT molecular complexity index is 2910. The highest BCUT2D eigenvalue weighted by Crippen LogP contribution is 2.29. The molecular formula is C72H100N4O4S2. The summed E-state index contributed by atoms with van der Waals surface area (Å²) in [6.07, 6.45) is 14.5. The summed E-state index contributed by atoms with van der Waals surface area (Å²) in [6, 6.07) is 41.0. The van der Waals surface area contributed by atoms with Crippen molar-refractivity contribution in [1.82, 2.24) is 20.0 Å². The SMILES string of the molecule is CC(C)c1ccc(COCc2ccncc2)cc1.CC(C)c1cccc2c1C=CC2.CCc1ccc(C(C)C)s1.CCc1cn(CCC(C)c2ccc(C(C)C)cc2)nn1.COCc1ccc(C(C)C)o1.COCc1ccc(C(C)C)s1. The Hall–Kier alpha value is -5.75. The molecule has 1 unspecified atom stereocenters. The molecule has 0 fully saturated rings. The van der Waals surface area contributed by atoms with Crippen LogP contribution in [-0.2, 0) is 66.4 Å². The van der Waals surface area contributed by atoms with E-state index >= 15 is 0 Å². The lowest BCUT2D eigenvalue weighted by Crippen LogP contribution is -2.04. The fourth-order valence-corrected chi connectivity index (χ4v) is 10.6. The number of allylic oxidation sites excluding steroid dienone is 1. The summed E-state index contributed by atoms with van der Waals surface area (Å²) in [5.74, 6) is 6.09. The molecule has 9 rings (SSSR count). The summed E-state index contributed by atoms with van der Waals surface area (Å²) in [6.45, 7) is 36.6. The number of fused-ring (bicyclic) bond motifs is 1. The second-order valence-corrected chi connectivity index (χ2v) is 25.3. The molecule has 5 heterocycles. The number of rotatable bonds is 20. The zero-order valence-electron chi connectivity index (χ0n) is 53.0. The predicted octanol–water partition coefficient (Wildman–Crippen LogP) is 20.5. The second-order valence-electron chi connectivity index (χ2n) is 22.9. The highest BCUT2D eigenvalue weighted by Gasteiger charge is 2.12. The third-order valence-electron chi connectivity index (χ3n) is 14.0. The van der Waals surface area contributed by atoms with E-state index in [1.807, 2.05) is 51.6 Å². The van der Waals surface area contributed by atoms with Crippen LogP contribution in [0.25, 0.3) is 6.08 Å². The molecule has 0 saturated heterocycles. The lowest BCUT2D eigenvalue weighted by atomic mass is 9.94. The highest BCUT2D eigenvalue weighted by molar-refractivity contribution is 7.12. The molecule has 8 nitrogen and oxygen atoms in total. The molecule has 1 aliphatic rings. The molecule has 82 heavy (non-hydrogen) atoms. The van der Waals surface area contributed by atoms with Gasteiger partial charge in [-0.25, -0.2) is 0 Å². The first kappa shape index (κ1) is 68.7. The van der Waals surface area contributed by atoms with Crippen molar-refractivity contribution in [3.8, 4) is 0 Å². The summed E-state index contributed by atoms with van der Waals surface area (Å²) in [4.78, 5) is 9.75. The third kappa shape index (κ3) is 24.6. The quantitative estimate of drug-likeness (QED) is 0.0752. The number of aromatic nitrogens is 4. The van der Waals surface area contributed by atoms with Gasteiger partial charge >= 0.3 is 0 Å². The van der Waals surface area contributed by atoms with Gasteiger partial charge in [-0.15, -0.1) is 27.8 Å². The number of pyridine rings is 1. The number of aryl methyl sites for hydroxylation is 3. The van der Waals surface area contributed by atoms with Gasteiger partial charge in [0, 0.05) is 64.8 Å². The number of ether oxygens (including phenoxy) is 3. The molecule has 0 spiro atoms. The van der Waals surface area contributed by atoms with E-state index in [9.17, 15) is 0 Å². The Kier molecular flexibility index (Phi) is 31.4. The van der Waals surface area contributed by atoms with Gasteiger partial charge in [-0.2, -0.15) is 0 Å². The zero-order chi connectivity index (χ0) is 60.0. The smallest absolute Gasteiger partial charge is 0.129 e. The van der Waals surface area contributed by atoms with Crippen LogP contribution in [0.1, 0.15) is 233 Å². The lowest BCUT2D eigenvalue weighted by molar-refractivity contribution is 0.107. The van der Waals surface area contributed by atoms with Crippen LogP contribution >= 0.6 is 22.7 Å². The van der Waals surface area contributed by atoms with Crippen LogP contribution in [0.2, 0.25) is 0 Å². The number of furan rings is 1. The molecule has 8 aromatic rings. The lowest BCUT2D eigenvalue weighted by Gasteiger charge is -2.13. The minimum absolute atomic E-state index is 0.459. The second kappa shape index (κ2) is 37.5. The third-order valence-corrected chi connectivity index (χ3v) is 16.9. The Labute approximate surface area is 503 Å². The molecule has 1 aliphatic carbocycles. The number of hydrogen-bond acceptors (Lipinski definition) is 9. The molecule has 0 saturated carbocycles. The Morgan fingerprint density at radius 2 is 1.12 bits per heavy atom. The van der Waals surface area contributed by atoms with Crippen molar-refractivity contribution in [1.29, 1.82) is 0 Å². The fraction of sp³-hybridized carbons (Fsp3) is 0.458. The van der Waals surface area contributed by atoms with Gasteiger partial charge in [-0.05, 0) is 154 Å². The highest BCUT2D eigenvalue weighted by atomic mass is 32.1. The van der Waals surface area contributed by atoms with Crippen molar-refractivity contribution in [2.24, 2.45) is 0 Å². The summed E-state index contributed by atoms with van der Waals surface area (Å²) < 4.78 is 23.1. The first-order valence-electron chi connectivity index (χ1n) is 29.9. The molecule has 0 N–H and O–H groups in total. The Morgan fingerprint density at radius 1 is 0.549 bits per heavy atom. The van der Waals surface area contributed by atoms with Gasteiger partial charge in [0.05, 0.1) is 25.5 Å². The monoisotopic (exact) mass is 1150 g/mol. The van der Waals surface area contributed by atoms with Crippen molar-refractivity contribution >= 4 is 28.7 Å². The van der Waals surface area contributed by atoms with Gasteiger partial charge in [0.15, 0.2) is 0 Å². The molecule has 1 atom stereocenters. The molecular weight excluding hydrogens is 1050 g/mol. The van der Waals surface area contributed by atoms with Crippen molar-refractivity contribution in [3.05, 3.63) is 221 Å². The number of thiophene rings is 2. The Balaban J connectivity index is 0.000000216. The van der Waals surface area contributed by atoms with E-state index in [2.05, 4.69) is 228 Å². The fourth-order valence-electron chi connectivity index (χ4n) is 8.64. The van der Waals surface area contributed by atoms with Crippen LogP contribution in [0.5, 0.6) is 0 Å². The van der Waals surface area contributed by atoms with Crippen LogP contribution in [0.15, 0.2) is 144 Å². The van der Waals surface area contributed by atoms with Gasteiger partial charge in [-0.3, -0.25) is 9.67 Å². The van der Waals surface area contributed by atoms with Gasteiger partial charge in [0.1, 0.15) is 18.1 Å². The summed E-state index contributed by atoms with van der Waals surface area (Å²) in [7, 11) is 3.40. The maximum atomic E-state index is 5.68. The number of nitrogens with zero attached hydrogens (tertiary/aromatic N) is 4. The Morgan fingerprint density at radius 3 is 1.62 bits per heavy atom. The number of benzene rings is 3. The largest absolute Gasteiger partial charge is 0.463 e. The average Bonchev–Trinajstić information content (AvgIpc) is 4.37. The average molecular weight is 1150 g/mol. The minimum Gasteiger partial charge on any atom is -0.463 e. The summed E-state index contributed by atoms with van der Waals surface area (Å²) in [5.41, 5.74) is 12.1. The van der Waals surface area contributed by atoms with Crippen molar-refractivity contribution in [3.63, 3.8) is 0 Å². The van der Waals surface area contributed by atoms with E-state index in [1.165, 1.54) is 64.9 Å². The standard InChI is InChI=1S/C17H25N3.C16H19NO.C12H14.C9H14O2.C9H14OS.C9H14S/c1-5-17-12-20(19-18-17)11-10-14(4)16-8-6-15(7-9-16)13(2)3;1-13(2)16-5-3-14(4-6-16)11-18-12-15-7-9-17-10-8-15;1-9(2)11-7-3-5-10-6-4-8-12(10)11;2*1-7(2)9-5-4-8(11-9)6-10-3;1-4-8-5-6-9(10-8)7(2)3/h6-9,12-14H,5,10-11H2,1-4H3;3-10,13H,11-12H2,1-2H3;3-5,7-9H,6H2,1-2H3;2*4-5,7H,6H2,1-3H3;5-7H,4H2,1-3H3. The normalized spacial score (nSPS) is 11.8. The van der Waals surface area contributed by atoms with E-state index < -0.39 is 0 Å². The molecule has 0 bridgehead atoms. The molecule has 0 aliphatic heterocycles. The molecule has 0 amide bonds. The minimum atomic E-state index is 0.459. The van der Waals surface area contributed by atoms with Gasteiger partial charge < -0.3 is 18.6 Å². The van der Waals surface area contributed by atoms with Crippen LogP contribution in [-0.4, -0.2) is 34.2 Å². The van der Waals surface area contributed by atoms with Gasteiger partial charge in [-0.1, -0.05) is 188 Å². The van der Waals surface area contributed by atoms with E-state index in [-0.39, 0.29) is 0 Å². The maximum absolute atomic E-state index is 5.68. The zero-order valence-corrected chi connectivity index (χ0v) is 54.6. The van der Waals surface area contributed by atoms with E-state index in [4.69, 9.17) is 18.6 Å². The van der Waals surface area contributed by atoms with Crippen molar-refractivity contribution in [2.45, 2.75) is 204 Å². The molecule has 444 valence electrons. The summed E-state index contributed by atoms with van der Waals surface area (Å²) in [5, 5.41) is 8.29. The number of hydrogen-bond donors (Lipinski definition) is 0. The maximum Gasteiger partial charge on any atom is 0.129 e. The summed E-state index contributed by atoms with van der Waals surface area (Å²) >= 11 is 3.78. The molecule has 10 heteroatoms. The van der Waals surface area contributed by atoms with E-state index in [0.717, 1.165) is 55.2 Å². The van der Waals surface area contributed by atoms with Crippen molar-refractivity contribution in [2.75, 3.05) is 14.2 Å². The predicted molar refractivity (Wildman–Crippen MR) is 350 cm³/mol. The van der Waals surface area contributed by atoms with Crippen molar-refractivity contribution < 1.29 is 18.6 Å².